The summed E-state index contributed by atoms with van der Waals surface area (Å²) in [6, 6.07) is 5.33. The van der Waals surface area contributed by atoms with Gasteiger partial charge in [-0.2, -0.15) is 0 Å². The van der Waals surface area contributed by atoms with Gasteiger partial charge < -0.3 is 5.32 Å². The van der Waals surface area contributed by atoms with Crippen molar-refractivity contribution >= 4 is 28.5 Å². The van der Waals surface area contributed by atoms with Crippen molar-refractivity contribution in [3.8, 4) is 0 Å². The summed E-state index contributed by atoms with van der Waals surface area (Å²) in [5.41, 5.74) is 1.84. The maximum atomic E-state index is 11.8. The number of halogens is 1. The largest absolute Gasteiger partial charge is 0.351 e. The quantitative estimate of drug-likeness (QED) is 0.823. The predicted octanol–water partition coefficient (Wildman–Crippen LogP) is 1.60. The van der Waals surface area contributed by atoms with Crippen molar-refractivity contribution in [1.82, 2.24) is 15.3 Å². The SMILES string of the molecule is O=C(NCCCl)c1cccc2nccnc12. The highest BCUT2D eigenvalue weighted by Gasteiger charge is 2.10. The van der Waals surface area contributed by atoms with Gasteiger partial charge in [0.1, 0.15) is 5.52 Å². The van der Waals surface area contributed by atoms with E-state index in [1.807, 2.05) is 6.07 Å². The highest BCUT2D eigenvalue weighted by atomic mass is 35.5. The third-order valence-corrected chi connectivity index (χ3v) is 2.31. The Morgan fingerprint density at radius 3 is 2.94 bits per heavy atom. The van der Waals surface area contributed by atoms with Gasteiger partial charge in [0.15, 0.2) is 0 Å². The number of para-hydroxylation sites is 1. The molecule has 1 aromatic heterocycles. The number of carbonyl (C=O) groups excluding carboxylic acids is 1. The molecule has 0 aliphatic carbocycles. The zero-order valence-corrected chi connectivity index (χ0v) is 9.24. The van der Waals surface area contributed by atoms with E-state index in [0.717, 1.165) is 0 Å². The Balaban J connectivity index is 2.40. The molecule has 0 radical (unpaired) electrons. The number of nitrogens with one attached hydrogen (secondary N) is 1. The first-order valence-corrected chi connectivity index (χ1v) is 5.40. The van der Waals surface area contributed by atoms with Crippen LogP contribution >= 0.6 is 11.6 Å². The van der Waals surface area contributed by atoms with Gasteiger partial charge in [0.25, 0.3) is 5.91 Å². The molecule has 0 atom stereocenters. The number of hydrogen-bond donors (Lipinski definition) is 1. The first-order valence-electron chi connectivity index (χ1n) is 4.87. The van der Waals surface area contributed by atoms with Gasteiger partial charge in [0, 0.05) is 24.8 Å². The molecule has 0 aliphatic rings. The van der Waals surface area contributed by atoms with E-state index >= 15 is 0 Å². The molecule has 1 amide bonds. The summed E-state index contributed by atoms with van der Waals surface area (Å²) in [5.74, 6) is 0.217. The maximum absolute atomic E-state index is 11.8. The van der Waals surface area contributed by atoms with Gasteiger partial charge in [0.2, 0.25) is 0 Å². The van der Waals surface area contributed by atoms with Gasteiger partial charge in [-0.05, 0) is 12.1 Å². The molecular formula is C11H10ClN3O. The molecular weight excluding hydrogens is 226 g/mol. The minimum atomic E-state index is -0.174. The molecule has 5 heteroatoms. The smallest absolute Gasteiger partial charge is 0.253 e. The highest BCUT2D eigenvalue weighted by Crippen LogP contribution is 2.13. The van der Waals surface area contributed by atoms with E-state index in [2.05, 4.69) is 15.3 Å². The molecule has 4 nitrogen and oxygen atoms in total. The molecule has 82 valence electrons. The van der Waals surface area contributed by atoms with Gasteiger partial charge in [-0.1, -0.05) is 6.07 Å². The molecule has 2 aromatic rings. The fraction of sp³-hybridized carbons (Fsp3) is 0.182. The number of aromatic nitrogens is 2. The van der Waals surface area contributed by atoms with E-state index in [4.69, 9.17) is 11.6 Å². The minimum Gasteiger partial charge on any atom is -0.351 e. The first-order chi connectivity index (χ1) is 7.83. The van der Waals surface area contributed by atoms with Crippen LogP contribution in [0.5, 0.6) is 0 Å². The molecule has 1 N–H and O–H groups in total. The Morgan fingerprint density at radius 2 is 2.12 bits per heavy atom. The second-order valence-corrected chi connectivity index (χ2v) is 3.55. The van der Waals surface area contributed by atoms with Crippen molar-refractivity contribution in [2.24, 2.45) is 0 Å². The number of nitrogens with zero attached hydrogens (tertiary/aromatic N) is 2. The second-order valence-electron chi connectivity index (χ2n) is 3.17. The second kappa shape index (κ2) is 4.90. The molecule has 16 heavy (non-hydrogen) atoms. The van der Waals surface area contributed by atoms with E-state index in [1.165, 1.54) is 0 Å². The van der Waals surface area contributed by atoms with E-state index in [9.17, 15) is 4.79 Å². The van der Waals surface area contributed by atoms with E-state index < -0.39 is 0 Å². The third kappa shape index (κ3) is 2.12. The monoisotopic (exact) mass is 235 g/mol. The highest BCUT2D eigenvalue weighted by molar-refractivity contribution is 6.18. The Morgan fingerprint density at radius 1 is 1.31 bits per heavy atom. The molecule has 1 heterocycles. The van der Waals surface area contributed by atoms with Crippen LogP contribution in [0.15, 0.2) is 30.6 Å². The number of fused-ring (bicyclic) bond motifs is 1. The van der Waals surface area contributed by atoms with Crippen LogP contribution in [0.25, 0.3) is 11.0 Å². The molecule has 0 fully saturated rings. The van der Waals surface area contributed by atoms with Crippen LogP contribution in [0, 0.1) is 0 Å². The predicted molar refractivity (Wildman–Crippen MR) is 62.6 cm³/mol. The summed E-state index contributed by atoms with van der Waals surface area (Å²) in [5, 5.41) is 2.70. The zero-order valence-electron chi connectivity index (χ0n) is 8.48. The molecule has 0 aliphatic heterocycles. The van der Waals surface area contributed by atoms with Gasteiger partial charge in [0.05, 0.1) is 11.1 Å². The number of alkyl halides is 1. The van der Waals surface area contributed by atoms with Crippen molar-refractivity contribution in [3.63, 3.8) is 0 Å². The summed E-state index contributed by atoms with van der Waals surface area (Å²) in [4.78, 5) is 20.1. The lowest BCUT2D eigenvalue weighted by Gasteiger charge is -2.05. The third-order valence-electron chi connectivity index (χ3n) is 2.12. The fourth-order valence-electron chi connectivity index (χ4n) is 1.43. The van der Waals surface area contributed by atoms with Gasteiger partial charge in [-0.3, -0.25) is 14.8 Å². The number of hydrogen-bond acceptors (Lipinski definition) is 3. The van der Waals surface area contributed by atoms with Crippen LogP contribution in [0.4, 0.5) is 0 Å². The average molecular weight is 236 g/mol. The minimum absolute atomic E-state index is 0.174. The summed E-state index contributed by atoms with van der Waals surface area (Å²) >= 11 is 5.51. The van der Waals surface area contributed by atoms with E-state index in [-0.39, 0.29) is 5.91 Å². The first kappa shape index (κ1) is 10.8. The maximum Gasteiger partial charge on any atom is 0.253 e. The lowest BCUT2D eigenvalue weighted by Crippen LogP contribution is -2.25. The van der Waals surface area contributed by atoms with Gasteiger partial charge >= 0.3 is 0 Å². The van der Waals surface area contributed by atoms with Crippen LogP contribution in [0.2, 0.25) is 0 Å². The van der Waals surface area contributed by atoms with Crippen molar-refractivity contribution in [2.45, 2.75) is 0 Å². The lowest BCUT2D eigenvalue weighted by atomic mass is 10.1. The summed E-state index contributed by atoms with van der Waals surface area (Å²) in [6.07, 6.45) is 3.17. The van der Waals surface area contributed by atoms with Gasteiger partial charge in [-0.15, -0.1) is 11.6 Å². The number of amides is 1. The summed E-state index contributed by atoms with van der Waals surface area (Å²) in [6.45, 7) is 0.442. The van der Waals surface area contributed by atoms with Crippen molar-refractivity contribution < 1.29 is 4.79 Å². The Labute approximate surface area is 97.7 Å². The van der Waals surface area contributed by atoms with Crippen LogP contribution in [-0.4, -0.2) is 28.3 Å². The van der Waals surface area contributed by atoms with Crippen LogP contribution in [-0.2, 0) is 0 Å². The van der Waals surface area contributed by atoms with Crippen molar-refractivity contribution in [1.29, 1.82) is 0 Å². The molecule has 2 rings (SSSR count). The lowest BCUT2D eigenvalue weighted by molar-refractivity contribution is 0.0957. The topological polar surface area (TPSA) is 54.9 Å². The van der Waals surface area contributed by atoms with Crippen LogP contribution < -0.4 is 5.32 Å². The molecule has 0 bridgehead atoms. The van der Waals surface area contributed by atoms with Crippen molar-refractivity contribution in [2.75, 3.05) is 12.4 Å². The van der Waals surface area contributed by atoms with Gasteiger partial charge in [-0.25, -0.2) is 0 Å². The van der Waals surface area contributed by atoms with Crippen LogP contribution in [0.1, 0.15) is 10.4 Å². The number of carbonyl (C=O) groups is 1. The molecule has 0 spiro atoms. The Hall–Kier alpha value is -1.68. The summed E-state index contributed by atoms with van der Waals surface area (Å²) in [7, 11) is 0. The summed E-state index contributed by atoms with van der Waals surface area (Å²) < 4.78 is 0. The zero-order chi connectivity index (χ0) is 11.4. The standard InChI is InChI=1S/C11H10ClN3O/c12-4-5-15-11(16)8-2-1-3-9-10(8)14-7-6-13-9/h1-3,6-7H,4-5H2,(H,15,16). The molecule has 0 saturated carbocycles. The molecule has 1 aromatic carbocycles. The normalized spacial score (nSPS) is 10.3. The Bertz CT molecular complexity index is 510. The fourth-order valence-corrected chi connectivity index (χ4v) is 1.53. The average Bonchev–Trinajstić information content (AvgIpc) is 2.35. The number of benzene rings is 1. The van der Waals surface area contributed by atoms with E-state index in [0.29, 0.717) is 29.0 Å². The molecule has 0 saturated heterocycles. The van der Waals surface area contributed by atoms with E-state index in [1.54, 1.807) is 24.5 Å². The molecule has 0 unspecified atom stereocenters. The Kier molecular flexibility index (Phi) is 3.31. The van der Waals surface area contributed by atoms with Crippen LogP contribution in [0.3, 0.4) is 0 Å². The number of rotatable bonds is 3. The van der Waals surface area contributed by atoms with Crippen molar-refractivity contribution in [3.05, 3.63) is 36.2 Å².